The lowest BCUT2D eigenvalue weighted by atomic mass is 9.84. The Bertz CT molecular complexity index is 1090. The number of hydrogen-bond acceptors (Lipinski definition) is 6. The molecule has 0 unspecified atom stereocenters. The van der Waals surface area contributed by atoms with Crippen molar-refractivity contribution >= 4 is 15.7 Å². The van der Waals surface area contributed by atoms with E-state index in [2.05, 4.69) is 13.8 Å². The van der Waals surface area contributed by atoms with Gasteiger partial charge in [0.1, 0.15) is 4.90 Å². The summed E-state index contributed by atoms with van der Waals surface area (Å²) in [6.45, 7) is 5.20. The van der Waals surface area contributed by atoms with Crippen LogP contribution in [-0.4, -0.2) is 49.8 Å². The molecule has 2 aliphatic rings. The van der Waals surface area contributed by atoms with Crippen LogP contribution in [0, 0.1) is 5.92 Å². The number of carbonyl (C=O) groups excluding carboxylic acids is 1. The molecule has 0 aliphatic carbocycles. The summed E-state index contributed by atoms with van der Waals surface area (Å²) in [6.07, 6.45) is 1.88. The summed E-state index contributed by atoms with van der Waals surface area (Å²) in [4.78, 5) is 14.7. The highest BCUT2D eigenvalue weighted by Crippen LogP contribution is 2.39. The molecule has 7 nitrogen and oxygen atoms in total. The van der Waals surface area contributed by atoms with Gasteiger partial charge in [0.25, 0.3) is 5.91 Å². The van der Waals surface area contributed by atoms with Crippen molar-refractivity contribution in [2.45, 2.75) is 49.4 Å². The van der Waals surface area contributed by atoms with Gasteiger partial charge in [-0.3, -0.25) is 4.79 Å². The van der Waals surface area contributed by atoms with E-state index in [1.807, 2.05) is 0 Å². The third kappa shape index (κ3) is 4.76. The first kappa shape index (κ1) is 22.6. The van der Waals surface area contributed by atoms with Gasteiger partial charge in [-0.05, 0) is 55.0 Å². The molecule has 0 atom stereocenters. The number of carbonyl (C=O) groups is 1. The third-order valence-electron chi connectivity index (χ3n) is 6.02. The second-order valence-electron chi connectivity index (χ2n) is 9.06. The smallest absolute Gasteiger partial charge is 0.253 e. The van der Waals surface area contributed by atoms with Crippen LogP contribution in [0.2, 0.25) is 0 Å². The number of likely N-dealkylation sites (tertiary alicyclic amines) is 1. The summed E-state index contributed by atoms with van der Waals surface area (Å²) >= 11 is 0. The van der Waals surface area contributed by atoms with Crippen molar-refractivity contribution in [1.29, 1.82) is 0 Å². The number of para-hydroxylation sites is 1. The average Bonchev–Trinajstić information content (AvgIpc) is 3.22. The van der Waals surface area contributed by atoms with E-state index in [1.165, 1.54) is 6.07 Å². The number of amides is 1. The molecular formula is C24H29NO6S. The summed E-state index contributed by atoms with van der Waals surface area (Å²) < 4.78 is 36.5. The van der Waals surface area contributed by atoms with Crippen molar-refractivity contribution in [2.75, 3.05) is 19.9 Å². The normalized spacial score (nSPS) is 17.6. The van der Waals surface area contributed by atoms with E-state index in [-0.39, 0.29) is 29.1 Å². The Kier molecular flexibility index (Phi) is 6.18. The summed E-state index contributed by atoms with van der Waals surface area (Å²) in [7, 11) is -3.64. The van der Waals surface area contributed by atoms with Crippen LogP contribution in [-0.2, 0) is 15.6 Å². The number of sulfone groups is 1. The van der Waals surface area contributed by atoms with Crippen LogP contribution in [0.4, 0.5) is 0 Å². The lowest BCUT2D eigenvalue weighted by Crippen LogP contribution is -2.47. The molecule has 0 radical (unpaired) electrons. The average molecular weight is 460 g/mol. The predicted molar refractivity (Wildman–Crippen MR) is 119 cm³/mol. The highest BCUT2D eigenvalue weighted by molar-refractivity contribution is 7.90. The molecular weight excluding hydrogens is 430 g/mol. The van der Waals surface area contributed by atoms with Crippen LogP contribution in [0.5, 0.6) is 11.5 Å². The van der Waals surface area contributed by atoms with Crippen molar-refractivity contribution < 1.29 is 27.8 Å². The monoisotopic (exact) mass is 459 g/mol. The van der Waals surface area contributed by atoms with Crippen molar-refractivity contribution in [3.63, 3.8) is 0 Å². The molecule has 1 fully saturated rings. The lowest BCUT2D eigenvalue weighted by Gasteiger charge is -2.39. The van der Waals surface area contributed by atoms with E-state index < -0.39 is 15.4 Å². The van der Waals surface area contributed by atoms with Crippen molar-refractivity contribution in [3.05, 3.63) is 53.6 Å². The zero-order valence-corrected chi connectivity index (χ0v) is 19.2. The minimum absolute atomic E-state index is 0.00401. The maximum Gasteiger partial charge on any atom is 0.253 e. The molecule has 1 N–H and O–H groups in total. The Balaban J connectivity index is 1.42. The molecule has 32 heavy (non-hydrogen) atoms. The maximum absolute atomic E-state index is 12.9. The lowest BCUT2D eigenvalue weighted by molar-refractivity contribution is -0.0311. The molecule has 2 heterocycles. The fourth-order valence-electron chi connectivity index (χ4n) is 4.46. The molecule has 2 aromatic rings. The summed E-state index contributed by atoms with van der Waals surface area (Å²) in [6, 6.07) is 11.5. The number of rotatable bonds is 6. The first-order valence-corrected chi connectivity index (χ1v) is 12.5. The number of fused-ring (bicyclic) bond motifs is 1. The Hall–Kier alpha value is -2.58. The molecule has 0 spiro atoms. The first-order chi connectivity index (χ1) is 15.2. The van der Waals surface area contributed by atoms with Gasteiger partial charge in [0.2, 0.25) is 6.79 Å². The van der Waals surface area contributed by atoms with Gasteiger partial charge in [-0.25, -0.2) is 8.42 Å². The minimum Gasteiger partial charge on any atom is -0.454 e. The molecule has 2 aliphatic heterocycles. The number of ether oxygens (including phenoxy) is 2. The summed E-state index contributed by atoms with van der Waals surface area (Å²) in [5, 5.41) is 10.7. The zero-order valence-electron chi connectivity index (χ0n) is 18.4. The molecule has 4 rings (SSSR count). The number of benzene rings is 2. The Morgan fingerprint density at radius 3 is 2.44 bits per heavy atom. The van der Waals surface area contributed by atoms with E-state index in [0.717, 1.165) is 6.42 Å². The number of nitrogens with zero attached hydrogens (tertiary/aromatic N) is 1. The van der Waals surface area contributed by atoms with Gasteiger partial charge in [0.15, 0.2) is 21.3 Å². The number of piperidine rings is 1. The largest absolute Gasteiger partial charge is 0.454 e. The van der Waals surface area contributed by atoms with E-state index in [0.29, 0.717) is 48.7 Å². The third-order valence-corrected chi connectivity index (χ3v) is 7.73. The van der Waals surface area contributed by atoms with Gasteiger partial charge in [-0.2, -0.15) is 0 Å². The highest BCUT2D eigenvalue weighted by Gasteiger charge is 2.34. The topological polar surface area (TPSA) is 93.1 Å². The summed E-state index contributed by atoms with van der Waals surface area (Å²) in [5.74, 6) is 0.781. The highest BCUT2D eigenvalue weighted by atomic mass is 32.2. The quantitative estimate of drug-likeness (QED) is 0.712. The van der Waals surface area contributed by atoms with Gasteiger partial charge in [0, 0.05) is 18.7 Å². The molecule has 172 valence electrons. The zero-order chi connectivity index (χ0) is 22.9. The number of hydrogen-bond donors (Lipinski definition) is 1. The van der Waals surface area contributed by atoms with Gasteiger partial charge in [-0.15, -0.1) is 0 Å². The van der Waals surface area contributed by atoms with Crippen molar-refractivity contribution in [2.24, 2.45) is 5.92 Å². The van der Waals surface area contributed by atoms with E-state index in [4.69, 9.17) is 9.47 Å². The second kappa shape index (κ2) is 8.75. The molecule has 0 bridgehead atoms. The Labute approximate surface area is 188 Å². The van der Waals surface area contributed by atoms with Gasteiger partial charge in [-0.1, -0.05) is 32.0 Å². The van der Waals surface area contributed by atoms with E-state index in [1.54, 1.807) is 41.3 Å². The van der Waals surface area contributed by atoms with Crippen molar-refractivity contribution in [3.8, 4) is 11.5 Å². The van der Waals surface area contributed by atoms with Crippen LogP contribution >= 0.6 is 0 Å². The molecule has 0 saturated carbocycles. The summed E-state index contributed by atoms with van der Waals surface area (Å²) in [5.41, 5.74) is 0.399. The molecule has 0 aromatic heterocycles. The maximum atomic E-state index is 12.9. The van der Waals surface area contributed by atoms with Gasteiger partial charge in [0.05, 0.1) is 11.4 Å². The Morgan fingerprint density at radius 1 is 1.09 bits per heavy atom. The molecule has 8 heteroatoms. The SMILES string of the molecule is CC(C)CC1(O)CCN(C(=O)c2ccc(CS(=O)(=O)c3cccc4c3OCO4)cc2)CC1. The fraction of sp³-hybridized carbons (Fsp3) is 0.458. The predicted octanol–water partition coefficient (Wildman–Crippen LogP) is 3.40. The van der Waals surface area contributed by atoms with Gasteiger partial charge >= 0.3 is 0 Å². The van der Waals surface area contributed by atoms with Crippen LogP contribution in [0.1, 0.15) is 49.0 Å². The van der Waals surface area contributed by atoms with Gasteiger partial charge < -0.3 is 19.5 Å². The van der Waals surface area contributed by atoms with Crippen LogP contribution in [0.25, 0.3) is 0 Å². The molecule has 2 aromatic carbocycles. The van der Waals surface area contributed by atoms with Crippen LogP contribution < -0.4 is 9.47 Å². The Morgan fingerprint density at radius 2 is 1.78 bits per heavy atom. The first-order valence-electron chi connectivity index (χ1n) is 10.9. The molecule has 1 amide bonds. The fourth-order valence-corrected chi connectivity index (χ4v) is 5.98. The van der Waals surface area contributed by atoms with Crippen LogP contribution in [0.15, 0.2) is 47.4 Å². The van der Waals surface area contributed by atoms with E-state index in [9.17, 15) is 18.3 Å². The van der Waals surface area contributed by atoms with E-state index >= 15 is 0 Å². The second-order valence-corrected chi connectivity index (χ2v) is 11.0. The minimum atomic E-state index is -3.64. The molecule has 1 saturated heterocycles. The van der Waals surface area contributed by atoms with Crippen molar-refractivity contribution in [1.82, 2.24) is 4.90 Å². The standard InChI is InChI=1S/C24H29NO6S/c1-17(2)14-24(27)10-12-25(13-11-24)23(26)19-8-6-18(7-9-19)15-32(28,29)21-5-3-4-20-22(21)31-16-30-20/h3-9,17,27H,10-16H2,1-2H3. The van der Waals surface area contributed by atoms with Crippen LogP contribution in [0.3, 0.4) is 0 Å². The number of aliphatic hydroxyl groups is 1.